The van der Waals surface area contributed by atoms with Gasteiger partial charge in [-0.2, -0.15) is 0 Å². The fraction of sp³-hybridized carbons (Fsp3) is 0. The summed E-state index contributed by atoms with van der Waals surface area (Å²) in [5.74, 6) is 0. The minimum atomic E-state index is 1.02. The number of hydrogen-bond acceptors (Lipinski definition) is 4. The van der Waals surface area contributed by atoms with E-state index < -0.39 is 0 Å². The summed E-state index contributed by atoms with van der Waals surface area (Å²) in [4.78, 5) is 18.3. The third kappa shape index (κ3) is 14.4. The van der Waals surface area contributed by atoms with Crippen LogP contribution in [0, 0.1) is 0 Å². The molecular formula is C136H87N7. The van der Waals surface area contributed by atoms with Gasteiger partial charge < -0.3 is 13.7 Å². The molecule has 29 rings (SSSR count). The van der Waals surface area contributed by atoms with Crippen LogP contribution in [0.5, 0.6) is 0 Å². The van der Waals surface area contributed by atoms with Crippen molar-refractivity contribution in [2.75, 3.05) is 0 Å². The van der Waals surface area contributed by atoms with Crippen molar-refractivity contribution in [1.82, 2.24) is 33.6 Å². The van der Waals surface area contributed by atoms with Gasteiger partial charge in [0.15, 0.2) is 0 Å². The SMILES string of the molecule is c1ccc(-c2c3ccccc3c(-c3ccccc3)c3cc(-c4cncc(-n5c6ccccc6c6cnccc65)c4)ccc23)cc1.c1ccc(-c2ccc3c(c2)c2cnccc2n3-c2ccc3c(-c4ccc5ccccc5c4)c4ccccc4c(-c4ccc5ccccc5c4)c3c2)cc1.c1ccc(-c2ccc3c(c2)c2cnccc2n3-c2ccc3c(-c4ccccc4)c4ccccc4c(-c4ccccc4)c3c2)cc1. The van der Waals surface area contributed by atoms with Gasteiger partial charge in [0.05, 0.1) is 45.0 Å². The number of fused-ring (bicyclic) bond motifs is 17. The number of pyridine rings is 4. The minimum Gasteiger partial charge on any atom is -0.309 e. The average molecular weight is 1820 g/mol. The van der Waals surface area contributed by atoms with Crippen LogP contribution in [-0.2, 0) is 0 Å². The van der Waals surface area contributed by atoms with Crippen molar-refractivity contribution >= 4 is 152 Å². The molecule has 0 aliphatic rings. The van der Waals surface area contributed by atoms with Crippen LogP contribution in [0.1, 0.15) is 0 Å². The second-order valence-electron chi connectivity index (χ2n) is 37.0. The van der Waals surface area contributed by atoms with Crippen LogP contribution >= 0.6 is 0 Å². The number of benzene rings is 22. The van der Waals surface area contributed by atoms with Crippen molar-refractivity contribution < 1.29 is 0 Å². The normalized spacial score (nSPS) is 11.6. The highest BCUT2D eigenvalue weighted by molar-refractivity contribution is 6.26. The van der Waals surface area contributed by atoms with Gasteiger partial charge in [-0.25, -0.2) is 0 Å². The van der Waals surface area contributed by atoms with Gasteiger partial charge in [-0.3, -0.25) is 19.9 Å². The van der Waals surface area contributed by atoms with E-state index in [1.165, 1.54) is 197 Å². The quantitative estimate of drug-likeness (QED) is 0.114. The fourth-order valence-electron chi connectivity index (χ4n) is 22.7. The van der Waals surface area contributed by atoms with Crippen LogP contribution in [0.2, 0.25) is 0 Å². The molecule has 0 aliphatic carbocycles. The molecule has 7 heterocycles. The van der Waals surface area contributed by atoms with Gasteiger partial charge in [-0.05, 0) is 278 Å². The average Bonchev–Trinajstić information content (AvgIpc) is 1.62. The maximum absolute atomic E-state index is 4.77. The van der Waals surface area contributed by atoms with E-state index >= 15 is 0 Å². The van der Waals surface area contributed by atoms with Gasteiger partial charge in [0.2, 0.25) is 0 Å². The van der Waals surface area contributed by atoms with Gasteiger partial charge in [0.25, 0.3) is 0 Å². The lowest BCUT2D eigenvalue weighted by molar-refractivity contribution is 1.14. The molecule has 7 aromatic heterocycles. The number of aromatic nitrogens is 7. The molecule has 0 bridgehead atoms. The number of hydrogen-bond donors (Lipinski definition) is 0. The highest BCUT2D eigenvalue weighted by atomic mass is 15.0. The Bertz CT molecular complexity index is 10000. The van der Waals surface area contributed by atoms with Crippen molar-refractivity contribution in [3.63, 3.8) is 0 Å². The lowest BCUT2D eigenvalue weighted by Crippen LogP contribution is -1.96. The molecule has 0 N–H and O–H groups in total. The molecule has 0 atom stereocenters. The summed E-state index contributed by atoms with van der Waals surface area (Å²) in [6, 6.07) is 174. The first-order valence-electron chi connectivity index (χ1n) is 48.8. The maximum atomic E-state index is 4.77. The zero-order valence-corrected chi connectivity index (χ0v) is 77.9. The first-order chi connectivity index (χ1) is 71.0. The Balaban J connectivity index is 0.000000108. The Morgan fingerprint density at radius 1 is 0.119 bits per heavy atom. The Labute approximate surface area is 825 Å². The van der Waals surface area contributed by atoms with E-state index in [-0.39, 0.29) is 0 Å². The third-order valence-corrected chi connectivity index (χ3v) is 29.0. The summed E-state index contributed by atoms with van der Waals surface area (Å²) in [6.45, 7) is 0. The number of nitrogens with zero attached hydrogens (tertiary/aromatic N) is 7. The predicted molar refractivity (Wildman–Crippen MR) is 602 cm³/mol. The van der Waals surface area contributed by atoms with Gasteiger partial charge >= 0.3 is 0 Å². The van der Waals surface area contributed by atoms with Crippen LogP contribution in [0.25, 0.3) is 269 Å². The lowest BCUT2D eigenvalue weighted by atomic mass is 9.85. The molecule has 0 spiro atoms. The molecule has 666 valence electrons. The van der Waals surface area contributed by atoms with Crippen molar-refractivity contribution in [3.8, 4) is 117 Å². The van der Waals surface area contributed by atoms with Gasteiger partial charge in [0.1, 0.15) is 0 Å². The third-order valence-electron chi connectivity index (χ3n) is 29.0. The molecule has 0 saturated heterocycles. The molecule has 0 aliphatic heterocycles. The molecule has 143 heavy (non-hydrogen) atoms. The van der Waals surface area contributed by atoms with Gasteiger partial charge in [-0.15, -0.1) is 0 Å². The molecule has 0 amide bonds. The Morgan fingerprint density at radius 3 is 0.804 bits per heavy atom. The molecule has 0 radical (unpaired) electrons. The van der Waals surface area contributed by atoms with Crippen molar-refractivity contribution in [2.24, 2.45) is 0 Å². The minimum absolute atomic E-state index is 1.02. The van der Waals surface area contributed by atoms with E-state index in [4.69, 9.17) is 4.98 Å². The van der Waals surface area contributed by atoms with E-state index in [1.54, 1.807) is 0 Å². The number of para-hydroxylation sites is 1. The largest absolute Gasteiger partial charge is 0.309 e. The first-order valence-corrected chi connectivity index (χ1v) is 48.8. The van der Waals surface area contributed by atoms with E-state index in [2.05, 4.69) is 508 Å². The van der Waals surface area contributed by atoms with Crippen LogP contribution < -0.4 is 0 Å². The second kappa shape index (κ2) is 35.2. The van der Waals surface area contributed by atoms with Gasteiger partial charge in [0, 0.05) is 92.6 Å². The summed E-state index contributed by atoms with van der Waals surface area (Å²) in [5, 5.41) is 26.9. The summed E-state index contributed by atoms with van der Waals surface area (Å²) in [5.41, 5.74) is 32.0. The summed E-state index contributed by atoms with van der Waals surface area (Å²) < 4.78 is 7.10. The maximum Gasteiger partial charge on any atom is 0.0651 e. The molecule has 0 fully saturated rings. The molecule has 0 unspecified atom stereocenters. The Hall–Kier alpha value is -19.1. The molecular weight excluding hydrogens is 1730 g/mol. The van der Waals surface area contributed by atoms with Crippen molar-refractivity contribution in [3.05, 3.63) is 529 Å². The summed E-state index contributed by atoms with van der Waals surface area (Å²) >= 11 is 0. The molecule has 7 heteroatoms. The predicted octanol–water partition coefficient (Wildman–Crippen LogP) is 36.2. The van der Waals surface area contributed by atoms with Crippen LogP contribution in [0.3, 0.4) is 0 Å². The van der Waals surface area contributed by atoms with Gasteiger partial charge in [-0.1, -0.05) is 382 Å². The molecule has 7 nitrogen and oxygen atoms in total. The topological polar surface area (TPSA) is 66.3 Å². The van der Waals surface area contributed by atoms with Crippen LogP contribution in [0.4, 0.5) is 0 Å². The molecule has 22 aromatic carbocycles. The number of rotatable bonds is 12. The van der Waals surface area contributed by atoms with E-state index in [9.17, 15) is 0 Å². The highest BCUT2D eigenvalue weighted by Crippen LogP contribution is 2.51. The zero-order chi connectivity index (χ0) is 94.4. The van der Waals surface area contributed by atoms with Crippen molar-refractivity contribution in [2.45, 2.75) is 0 Å². The Kier molecular flexibility index (Phi) is 20.5. The second-order valence-corrected chi connectivity index (χ2v) is 37.0. The summed E-state index contributed by atoms with van der Waals surface area (Å²) in [7, 11) is 0. The molecule has 0 saturated carbocycles. The lowest BCUT2D eigenvalue weighted by Gasteiger charge is -2.20. The zero-order valence-electron chi connectivity index (χ0n) is 77.9. The molecule has 29 aromatic rings. The van der Waals surface area contributed by atoms with E-state index in [0.717, 1.165) is 71.9 Å². The Morgan fingerprint density at radius 2 is 0.392 bits per heavy atom. The van der Waals surface area contributed by atoms with Crippen molar-refractivity contribution in [1.29, 1.82) is 0 Å². The highest BCUT2D eigenvalue weighted by Gasteiger charge is 2.26. The summed E-state index contributed by atoms with van der Waals surface area (Å²) in [6.07, 6.45) is 15.5. The van der Waals surface area contributed by atoms with E-state index in [1.807, 2.05) is 49.6 Å². The van der Waals surface area contributed by atoms with Crippen LogP contribution in [0.15, 0.2) is 529 Å². The smallest absolute Gasteiger partial charge is 0.0651 e. The van der Waals surface area contributed by atoms with Crippen LogP contribution in [-0.4, -0.2) is 33.6 Å². The monoisotopic (exact) mass is 1820 g/mol. The van der Waals surface area contributed by atoms with E-state index in [0.29, 0.717) is 0 Å². The first kappa shape index (κ1) is 83.3. The fourth-order valence-corrected chi connectivity index (χ4v) is 22.7. The standard InChI is InChI=1S/C51H32N2.C43H28N2.C42H27N3/c1-2-10-33(11-3-1)38-22-25-48-45(30-38)47-32-52-27-26-49(47)53(48)41-23-24-44-46(31-41)51(40-21-19-35-13-5-7-15-37(35)29-40)43-17-9-8-16-42(43)50(44)39-20-18-34-12-4-6-14-36(34)28-39;1-4-12-29(13-5-1)32-20-23-40-37(26-32)39-28-44-25-24-41(39)45(40)33-21-22-36-38(27-33)43(31-16-8-3-9-17-31)35-19-11-10-18-34(35)42(36)30-14-6-2-7-15-30;1-3-11-28(12-4-1)41-34-16-7-8-17-35(34)42(29-13-5-2-6-14-29)37-24-30(19-20-36(37)41)31-23-32(26-44-25-31)45-39-18-10-9-15-33(39)38-27-43-22-21-40(38)45/h1-32H;1-28H;1-27H.